The van der Waals surface area contributed by atoms with E-state index in [4.69, 9.17) is 66.0 Å². The number of Topliss-reactive ketones (excluding diaryl/α,β-unsaturated/α-hetero) is 5. The summed E-state index contributed by atoms with van der Waals surface area (Å²) < 4.78 is 104. The van der Waals surface area contributed by atoms with Gasteiger partial charge in [-0.25, -0.2) is 9.13 Å². The molecule has 5 heterocycles. The molecule has 0 saturated carbocycles. The molecule has 15 N–H and O–H groups in total. The Morgan fingerprint density at radius 1 is 0.443 bits per heavy atom. The number of rotatable bonds is 65. The predicted molar refractivity (Wildman–Crippen MR) is 433 cm³/mol. The van der Waals surface area contributed by atoms with Crippen LogP contribution in [0.25, 0.3) is 0 Å². The van der Waals surface area contributed by atoms with Gasteiger partial charge in [0.05, 0.1) is 109 Å². The van der Waals surface area contributed by atoms with Crippen LogP contribution in [0.1, 0.15) is 215 Å². The summed E-state index contributed by atoms with van der Waals surface area (Å²) in [7, 11) is -7.53. The van der Waals surface area contributed by atoms with Crippen molar-refractivity contribution in [2.24, 2.45) is 17.8 Å². The number of nitrogens with zero attached hydrogens (tertiary/aromatic N) is 1. The van der Waals surface area contributed by atoms with Crippen molar-refractivity contribution in [1.82, 2.24) is 15.5 Å². The van der Waals surface area contributed by atoms with Crippen molar-refractivity contribution in [3.63, 3.8) is 0 Å². The van der Waals surface area contributed by atoms with E-state index in [0.29, 0.717) is 116 Å². The predicted octanol–water partition coefficient (Wildman–Crippen LogP) is 1.92. The molecule has 22 atom stereocenters. The second kappa shape index (κ2) is 60.9. The minimum Gasteiger partial charge on any atom is -0.400 e. The zero-order valence-corrected chi connectivity index (χ0v) is 72.9. The molecule has 0 radical (unpaired) electrons. The summed E-state index contributed by atoms with van der Waals surface area (Å²) in [5.74, 6) is -4.10. The maximum Gasteiger partial charge on any atom is 0.472 e. The molecule has 3 amide bonds. The highest BCUT2D eigenvalue weighted by Gasteiger charge is 2.48. The number of carbonyl (C=O) groups is 8. The van der Waals surface area contributed by atoms with Crippen molar-refractivity contribution >= 4 is 62.3 Å². The third-order valence-corrected chi connectivity index (χ3v) is 23.9. The SMILES string of the molecule is C.CO.COP(=O)(O)OC1C[C@H](C)O[C@@H]1COP(=O)(O)O[C@@H]1C[C@@H](CO)N(C(=O)CC(=O)NC(COCCC(=O)CCCCCC(=O)CCCCO[C@@H]2OC(CO)[C@H](O)[C@H](O)C2C)(COCCC(=O)CCCCCC(=O)CCCCO[C@@H]2OC(CO)[C@H](O)[C@H](O)C2C)COCCC(=O)NCCCCC(=O)CCCCO[C@@H]2OC(CO)[C@H](O)[C@H](O)C2C)C1. The van der Waals surface area contributed by atoms with Crippen LogP contribution >= 0.6 is 15.6 Å². The number of nitrogens with one attached hydrogen (secondary N) is 2. The van der Waals surface area contributed by atoms with E-state index in [1.807, 2.05) is 0 Å². The van der Waals surface area contributed by atoms with E-state index in [1.165, 1.54) is 0 Å². The molecule has 42 heteroatoms. The van der Waals surface area contributed by atoms with Crippen LogP contribution < -0.4 is 10.6 Å². The number of unbranched alkanes of at least 4 members (excludes halogenated alkanes) is 8. The molecular formula is C80H145N3O37P2. The Hall–Kier alpha value is -3.86. The average Bonchev–Trinajstić information content (AvgIpc) is 1.59. The summed E-state index contributed by atoms with van der Waals surface area (Å²) in [5, 5.41) is 113. The lowest BCUT2D eigenvalue weighted by Gasteiger charge is -2.40. The lowest BCUT2D eigenvalue weighted by molar-refractivity contribution is -0.282. The van der Waals surface area contributed by atoms with Crippen LogP contribution in [0, 0.1) is 17.8 Å². The van der Waals surface area contributed by atoms with Crippen molar-refractivity contribution in [2.45, 2.75) is 325 Å². The Morgan fingerprint density at radius 3 is 1.20 bits per heavy atom. The number of ketones is 5. The largest absolute Gasteiger partial charge is 0.472 e. The van der Waals surface area contributed by atoms with Crippen LogP contribution in [0.2, 0.25) is 0 Å². The Kier molecular flexibility index (Phi) is 56.0. The van der Waals surface area contributed by atoms with Gasteiger partial charge in [-0.3, -0.25) is 56.5 Å². The highest BCUT2D eigenvalue weighted by Crippen LogP contribution is 2.50. The number of hydrogen-bond donors (Lipinski definition) is 15. The molecule has 5 aliphatic rings. The molecule has 0 bridgehead atoms. The van der Waals surface area contributed by atoms with Gasteiger partial charge in [0.15, 0.2) is 18.9 Å². The van der Waals surface area contributed by atoms with Gasteiger partial charge in [-0.1, -0.05) is 41.0 Å². The average molecular weight is 1800 g/mol. The molecule has 0 spiro atoms. The molecule has 0 aromatic rings. The fraction of sp³-hybridized carbons (Fsp3) is 0.900. The highest BCUT2D eigenvalue weighted by molar-refractivity contribution is 7.47. The molecule has 712 valence electrons. The zero-order chi connectivity index (χ0) is 89.7. The standard InChI is InChI=1S/C78H137N3O36P2.CH4O.CH4/c1-50-38-61(117-118(100,101)104-5)65(112-50)46-111-119(102,103)116-60-39-54(42-82)81(41-60)68(93)40-67(92)80-78(47-105-35-28-58(89)22-10-6-8-20-55(86)25-13-17-32-108-75-51(2)69(94)72(97)62(43-83)113-75,48-106-36-29-59(90)23-11-7-9-21-56(87)26-14-18-33-109-76-52(3)70(95)73(98)63(44-84)114-76)49-107-37-30-66(91)79-31-16-12-24-57(88)27-15-19-34-110-77-53(4)71(96)74(99)64(45-85)115-77;1-2;/h50-54,60-65,69-77,82-85,94-99H,6-49H2,1-5H3,(H,79,91)(H,80,92)(H,100,101)(H,102,103);2H,1H3;1H4/t50-,51?,52?,53?,54-,60+,61?,62?,63?,64?,65+,69+,70+,71+,72-,73-,74-,75+,76+,77+,78?;;/m0../s1. The number of aliphatic hydroxyl groups excluding tert-OH is 11. The van der Waals surface area contributed by atoms with Crippen LogP contribution in [0.15, 0.2) is 0 Å². The lowest BCUT2D eigenvalue weighted by Crippen LogP contribution is -2.59. The number of ether oxygens (including phenoxy) is 10. The lowest BCUT2D eigenvalue weighted by atomic mass is 9.92. The molecule has 122 heavy (non-hydrogen) atoms. The summed E-state index contributed by atoms with van der Waals surface area (Å²) in [6.07, 6.45) is -8.56. The second-order valence-electron chi connectivity index (χ2n) is 31.8. The van der Waals surface area contributed by atoms with E-state index in [9.17, 15) is 108 Å². The molecule has 5 saturated heterocycles. The quantitative estimate of drug-likeness (QED) is 0.0235. The molecule has 5 rings (SSSR count). The van der Waals surface area contributed by atoms with Crippen LogP contribution in [-0.2, 0) is 113 Å². The van der Waals surface area contributed by atoms with Crippen LogP contribution in [0.5, 0.6) is 0 Å². The Balaban J connectivity index is 0.0000127. The monoisotopic (exact) mass is 1800 g/mol. The van der Waals surface area contributed by atoms with Gasteiger partial charge < -0.3 is 129 Å². The first-order valence-corrected chi connectivity index (χ1v) is 45.5. The molecule has 0 aliphatic carbocycles. The number of carbonyl (C=O) groups excluding carboxylic acids is 8. The van der Waals surface area contributed by atoms with Crippen molar-refractivity contribution < 1.29 is 179 Å². The number of hydrogen-bond acceptors (Lipinski definition) is 35. The van der Waals surface area contributed by atoms with Gasteiger partial charge in [-0.2, -0.15) is 0 Å². The first kappa shape index (κ1) is 112. The van der Waals surface area contributed by atoms with Crippen LogP contribution in [0.4, 0.5) is 0 Å². The topological polar surface area (TPSA) is 590 Å². The molecule has 9 unspecified atom stereocenters. The molecule has 0 aromatic carbocycles. The first-order valence-electron chi connectivity index (χ1n) is 42.5. The van der Waals surface area contributed by atoms with E-state index in [1.54, 1.807) is 27.7 Å². The summed E-state index contributed by atoms with van der Waals surface area (Å²) in [4.78, 5) is 128. The number of likely N-dealkylation sites (tertiary alicyclic amines) is 1. The minimum atomic E-state index is -4.98. The van der Waals surface area contributed by atoms with Crippen molar-refractivity contribution in [2.75, 3.05) is 120 Å². The fourth-order valence-electron chi connectivity index (χ4n) is 14.5. The fourth-order valence-corrected chi connectivity index (χ4v) is 16.1. The van der Waals surface area contributed by atoms with E-state index in [0.717, 1.165) is 19.1 Å². The molecule has 0 aromatic heterocycles. The Labute approximate surface area is 716 Å². The van der Waals surface area contributed by atoms with Gasteiger partial charge in [-0.15, -0.1) is 0 Å². The number of phosphoric acid groups is 2. The third kappa shape index (κ3) is 41.7. The van der Waals surface area contributed by atoms with Gasteiger partial charge in [0.25, 0.3) is 0 Å². The van der Waals surface area contributed by atoms with Crippen LogP contribution in [-0.4, -0.2) is 347 Å². The van der Waals surface area contributed by atoms with Crippen molar-refractivity contribution in [1.29, 1.82) is 0 Å². The number of phosphoric ester groups is 2. The smallest absolute Gasteiger partial charge is 0.400 e. The van der Waals surface area contributed by atoms with Crippen molar-refractivity contribution in [3.8, 4) is 0 Å². The maximum atomic E-state index is 14.4. The van der Waals surface area contributed by atoms with E-state index < -0.39 is 227 Å². The van der Waals surface area contributed by atoms with Gasteiger partial charge in [0.1, 0.15) is 89.7 Å². The number of amides is 3. The van der Waals surface area contributed by atoms with Gasteiger partial charge in [0, 0.05) is 142 Å². The molecule has 5 aliphatic heterocycles. The summed E-state index contributed by atoms with van der Waals surface area (Å²) in [6, 6.07) is -1.02. The molecular weight excluding hydrogens is 1660 g/mol. The Bertz CT molecular complexity index is 2880. The summed E-state index contributed by atoms with van der Waals surface area (Å²) in [5.41, 5.74) is -1.70. The summed E-state index contributed by atoms with van der Waals surface area (Å²) in [6.45, 7) is 2.51. The minimum absolute atomic E-state index is 0. The van der Waals surface area contributed by atoms with E-state index in [2.05, 4.69) is 15.2 Å². The maximum absolute atomic E-state index is 14.4. The van der Waals surface area contributed by atoms with Gasteiger partial charge >= 0.3 is 15.6 Å². The van der Waals surface area contributed by atoms with Gasteiger partial charge in [0.2, 0.25) is 17.7 Å². The van der Waals surface area contributed by atoms with E-state index >= 15 is 0 Å². The van der Waals surface area contributed by atoms with Gasteiger partial charge in [-0.05, 0) is 90.4 Å². The van der Waals surface area contributed by atoms with E-state index in [-0.39, 0.29) is 140 Å². The molecule has 5 fully saturated rings. The second-order valence-corrected chi connectivity index (χ2v) is 34.8. The zero-order valence-electron chi connectivity index (χ0n) is 71.1. The first-order chi connectivity index (χ1) is 57.7. The highest BCUT2D eigenvalue weighted by atomic mass is 31.2. The summed E-state index contributed by atoms with van der Waals surface area (Å²) >= 11 is 0. The van der Waals surface area contributed by atoms with Crippen LogP contribution in [0.3, 0.4) is 0 Å². The molecule has 40 nitrogen and oxygen atoms in total. The number of aliphatic hydroxyl groups is 11. The third-order valence-electron chi connectivity index (χ3n) is 21.8. The van der Waals surface area contributed by atoms with Crippen molar-refractivity contribution in [3.05, 3.63) is 0 Å². The normalized spacial score (nSPS) is 28.7. The Morgan fingerprint density at radius 2 is 0.820 bits per heavy atom.